The average Bonchev–Trinajstić information content (AvgIpc) is 2.71. The zero-order chi connectivity index (χ0) is 12.0. The van der Waals surface area contributed by atoms with Gasteiger partial charge in [0, 0.05) is 6.61 Å². The van der Waals surface area contributed by atoms with Gasteiger partial charge in [-0.3, -0.25) is 0 Å². The van der Waals surface area contributed by atoms with E-state index in [1.54, 1.807) is 0 Å². The fraction of sp³-hybridized carbons (Fsp3) is 0.545. The summed E-state index contributed by atoms with van der Waals surface area (Å²) in [6, 6.07) is 1.41. The molecule has 16 heavy (non-hydrogen) atoms. The van der Waals surface area contributed by atoms with Crippen LogP contribution in [0, 0.1) is 0 Å². The van der Waals surface area contributed by atoms with Crippen LogP contribution in [0.4, 0.5) is 0 Å². The van der Waals surface area contributed by atoms with Crippen molar-refractivity contribution in [3.8, 4) is 0 Å². The molecule has 0 radical (unpaired) electrons. The fourth-order valence-electron chi connectivity index (χ4n) is 1.19. The van der Waals surface area contributed by atoms with E-state index in [1.165, 1.54) is 12.3 Å². The second kappa shape index (κ2) is 6.30. The van der Waals surface area contributed by atoms with Gasteiger partial charge in [-0.25, -0.2) is 4.79 Å². The lowest BCUT2D eigenvalue weighted by Crippen LogP contribution is -2.16. The van der Waals surface area contributed by atoms with Gasteiger partial charge >= 0.3 is 5.97 Å². The van der Waals surface area contributed by atoms with Gasteiger partial charge in [-0.05, 0) is 19.9 Å². The molecule has 90 valence electrons. The Hall–Kier alpha value is -1.33. The monoisotopic (exact) mass is 228 g/mol. The molecule has 0 saturated heterocycles. The largest absolute Gasteiger partial charge is 0.478 e. The van der Waals surface area contributed by atoms with E-state index in [9.17, 15) is 4.79 Å². The molecule has 0 spiro atoms. The number of hydrogen-bond donors (Lipinski definition) is 1. The number of carboxylic acid groups (broad SMARTS) is 1. The Morgan fingerprint density at radius 2 is 2.38 bits per heavy atom. The van der Waals surface area contributed by atoms with Crippen molar-refractivity contribution in [2.75, 3.05) is 13.2 Å². The number of aromatic carboxylic acids is 1. The summed E-state index contributed by atoms with van der Waals surface area (Å²) in [5.74, 6) is -0.680. The summed E-state index contributed by atoms with van der Waals surface area (Å²) >= 11 is 0. The molecule has 0 aliphatic heterocycles. The van der Waals surface area contributed by atoms with Crippen LogP contribution in [0.2, 0.25) is 0 Å². The normalized spacial score (nSPS) is 12.6. The first kappa shape index (κ1) is 12.7. The van der Waals surface area contributed by atoms with Gasteiger partial charge in [0.2, 0.25) is 0 Å². The Morgan fingerprint density at radius 1 is 1.62 bits per heavy atom. The summed E-state index contributed by atoms with van der Waals surface area (Å²) in [7, 11) is 0. The molecule has 1 atom stereocenters. The van der Waals surface area contributed by atoms with Crippen molar-refractivity contribution in [2.45, 2.75) is 26.6 Å². The first-order valence-corrected chi connectivity index (χ1v) is 5.14. The molecule has 1 aromatic rings. The number of furan rings is 1. The summed E-state index contributed by atoms with van der Waals surface area (Å²) in [6.07, 6.45) is 1.25. The minimum atomic E-state index is -1.01. The molecule has 0 fully saturated rings. The number of hydrogen-bond acceptors (Lipinski definition) is 4. The lowest BCUT2D eigenvalue weighted by molar-refractivity contribution is -0.0174. The van der Waals surface area contributed by atoms with Crippen LogP contribution >= 0.6 is 0 Å². The molecule has 1 heterocycles. The SMILES string of the molecule is CCOCC(C)OCc1occc1C(=O)O. The van der Waals surface area contributed by atoms with Gasteiger partial charge in [0.1, 0.15) is 17.9 Å². The Kier molecular flexibility index (Phi) is 5.01. The fourth-order valence-corrected chi connectivity index (χ4v) is 1.19. The number of ether oxygens (including phenoxy) is 2. The molecular formula is C11H16O5. The van der Waals surface area contributed by atoms with Crippen molar-refractivity contribution >= 4 is 5.97 Å². The van der Waals surface area contributed by atoms with E-state index in [4.69, 9.17) is 19.0 Å². The average molecular weight is 228 g/mol. The molecule has 1 aromatic heterocycles. The Bertz CT molecular complexity index is 331. The predicted octanol–water partition coefficient (Wildman–Crippen LogP) is 1.92. The zero-order valence-corrected chi connectivity index (χ0v) is 9.43. The van der Waals surface area contributed by atoms with Crippen LogP contribution < -0.4 is 0 Å². The molecule has 5 heteroatoms. The molecule has 1 unspecified atom stereocenters. The lowest BCUT2D eigenvalue weighted by Gasteiger charge is -2.11. The van der Waals surface area contributed by atoms with Gasteiger partial charge in [-0.2, -0.15) is 0 Å². The molecule has 1 rings (SSSR count). The molecule has 0 aromatic carbocycles. The van der Waals surface area contributed by atoms with E-state index in [0.29, 0.717) is 19.0 Å². The molecule has 0 aliphatic rings. The maximum atomic E-state index is 10.8. The van der Waals surface area contributed by atoms with Crippen LogP contribution in [-0.4, -0.2) is 30.4 Å². The quantitative estimate of drug-likeness (QED) is 0.772. The van der Waals surface area contributed by atoms with E-state index in [0.717, 1.165) is 0 Å². The van der Waals surface area contributed by atoms with Gasteiger partial charge in [-0.15, -0.1) is 0 Å². The third-order valence-electron chi connectivity index (χ3n) is 2.03. The summed E-state index contributed by atoms with van der Waals surface area (Å²) in [6.45, 7) is 5.03. The maximum absolute atomic E-state index is 10.8. The second-order valence-corrected chi connectivity index (χ2v) is 3.34. The van der Waals surface area contributed by atoms with Gasteiger partial charge < -0.3 is 19.0 Å². The summed E-state index contributed by atoms with van der Waals surface area (Å²) in [4.78, 5) is 10.8. The van der Waals surface area contributed by atoms with Gasteiger partial charge in [0.15, 0.2) is 0 Å². The van der Waals surface area contributed by atoms with Crippen LogP contribution in [0.15, 0.2) is 16.7 Å². The van der Waals surface area contributed by atoms with Crippen LogP contribution in [0.5, 0.6) is 0 Å². The second-order valence-electron chi connectivity index (χ2n) is 3.34. The van der Waals surface area contributed by atoms with E-state index >= 15 is 0 Å². The number of carbonyl (C=O) groups is 1. The van der Waals surface area contributed by atoms with Crippen LogP contribution in [0.1, 0.15) is 30.0 Å². The first-order chi connectivity index (χ1) is 7.65. The lowest BCUT2D eigenvalue weighted by atomic mass is 10.2. The predicted molar refractivity (Wildman–Crippen MR) is 56.4 cm³/mol. The highest BCUT2D eigenvalue weighted by atomic mass is 16.5. The zero-order valence-electron chi connectivity index (χ0n) is 9.43. The number of carboxylic acids is 1. The van der Waals surface area contributed by atoms with Crippen LogP contribution in [0.25, 0.3) is 0 Å². The molecule has 0 aliphatic carbocycles. The van der Waals surface area contributed by atoms with Gasteiger partial charge in [0.05, 0.1) is 19.0 Å². The highest BCUT2D eigenvalue weighted by molar-refractivity contribution is 5.88. The molecule has 0 bridgehead atoms. The minimum Gasteiger partial charge on any atom is -0.478 e. The highest BCUT2D eigenvalue weighted by Crippen LogP contribution is 2.12. The maximum Gasteiger partial charge on any atom is 0.339 e. The summed E-state index contributed by atoms with van der Waals surface area (Å²) in [5.41, 5.74) is 0.142. The number of rotatable bonds is 7. The van der Waals surface area contributed by atoms with Crippen molar-refractivity contribution in [2.24, 2.45) is 0 Å². The minimum absolute atomic E-state index is 0.0910. The van der Waals surface area contributed by atoms with Crippen molar-refractivity contribution < 1.29 is 23.8 Å². The van der Waals surface area contributed by atoms with E-state index < -0.39 is 5.97 Å². The van der Waals surface area contributed by atoms with Crippen molar-refractivity contribution in [1.82, 2.24) is 0 Å². The van der Waals surface area contributed by atoms with Crippen LogP contribution in [-0.2, 0) is 16.1 Å². The Labute approximate surface area is 94.0 Å². The smallest absolute Gasteiger partial charge is 0.339 e. The Morgan fingerprint density at radius 3 is 3.00 bits per heavy atom. The molecule has 0 amide bonds. The topological polar surface area (TPSA) is 68.9 Å². The van der Waals surface area contributed by atoms with E-state index in [1.807, 2.05) is 13.8 Å². The third-order valence-corrected chi connectivity index (χ3v) is 2.03. The van der Waals surface area contributed by atoms with E-state index in [-0.39, 0.29) is 18.3 Å². The molecule has 5 nitrogen and oxygen atoms in total. The molecule has 0 saturated carbocycles. The van der Waals surface area contributed by atoms with Crippen LogP contribution in [0.3, 0.4) is 0 Å². The van der Waals surface area contributed by atoms with E-state index in [2.05, 4.69) is 0 Å². The molecule has 1 N–H and O–H groups in total. The van der Waals surface area contributed by atoms with Gasteiger partial charge in [-0.1, -0.05) is 0 Å². The summed E-state index contributed by atoms with van der Waals surface area (Å²) < 4.78 is 15.6. The molecular weight excluding hydrogens is 212 g/mol. The highest BCUT2D eigenvalue weighted by Gasteiger charge is 2.14. The van der Waals surface area contributed by atoms with Crippen molar-refractivity contribution in [1.29, 1.82) is 0 Å². The third kappa shape index (κ3) is 3.67. The first-order valence-electron chi connectivity index (χ1n) is 5.14. The Balaban J connectivity index is 2.42. The van der Waals surface area contributed by atoms with Gasteiger partial charge in [0.25, 0.3) is 0 Å². The van der Waals surface area contributed by atoms with Crippen molar-refractivity contribution in [3.05, 3.63) is 23.7 Å². The summed E-state index contributed by atoms with van der Waals surface area (Å²) in [5, 5.41) is 8.82. The standard InChI is InChI=1S/C11H16O5/c1-3-14-6-8(2)16-7-10-9(11(12)13)4-5-15-10/h4-5,8H,3,6-7H2,1-2H3,(H,12,13). The van der Waals surface area contributed by atoms with Crippen molar-refractivity contribution in [3.63, 3.8) is 0 Å².